The SMILES string of the molecule is OCc1cn(CC2Cc3ccccc3S2)c2ccccc12. The average Bonchev–Trinajstić information content (AvgIpc) is 3.08. The molecule has 106 valence electrons. The highest BCUT2D eigenvalue weighted by Crippen LogP contribution is 2.38. The Labute approximate surface area is 128 Å². The number of aliphatic hydroxyl groups excluding tert-OH is 1. The van der Waals surface area contributed by atoms with Gasteiger partial charge in [0, 0.05) is 39.4 Å². The third kappa shape index (κ3) is 2.27. The Kier molecular flexibility index (Phi) is 3.24. The van der Waals surface area contributed by atoms with E-state index in [9.17, 15) is 5.11 Å². The Balaban J connectivity index is 1.64. The maximum absolute atomic E-state index is 9.53. The molecule has 4 rings (SSSR count). The van der Waals surface area contributed by atoms with Crippen molar-refractivity contribution in [1.82, 2.24) is 4.57 Å². The third-order valence-electron chi connectivity index (χ3n) is 4.16. The molecule has 0 saturated carbocycles. The van der Waals surface area contributed by atoms with Gasteiger partial charge in [0.05, 0.1) is 6.61 Å². The summed E-state index contributed by atoms with van der Waals surface area (Å²) in [4.78, 5) is 1.42. The van der Waals surface area contributed by atoms with Crippen LogP contribution in [0.5, 0.6) is 0 Å². The van der Waals surface area contributed by atoms with Crippen LogP contribution < -0.4 is 0 Å². The largest absolute Gasteiger partial charge is 0.392 e. The molecule has 0 fully saturated rings. The van der Waals surface area contributed by atoms with E-state index in [1.807, 2.05) is 17.8 Å². The summed E-state index contributed by atoms with van der Waals surface area (Å²) >= 11 is 1.97. The number of rotatable bonds is 3. The first-order valence-corrected chi connectivity index (χ1v) is 8.15. The molecule has 1 atom stereocenters. The quantitative estimate of drug-likeness (QED) is 0.794. The molecule has 0 saturated heterocycles. The maximum Gasteiger partial charge on any atom is 0.0702 e. The predicted molar refractivity (Wildman–Crippen MR) is 87.7 cm³/mol. The van der Waals surface area contributed by atoms with E-state index in [-0.39, 0.29) is 6.61 Å². The Morgan fingerprint density at radius 1 is 1.10 bits per heavy atom. The number of fused-ring (bicyclic) bond motifs is 2. The first kappa shape index (κ1) is 13.0. The maximum atomic E-state index is 9.53. The van der Waals surface area contributed by atoms with Gasteiger partial charge >= 0.3 is 0 Å². The average molecular weight is 295 g/mol. The van der Waals surface area contributed by atoms with E-state index in [1.165, 1.54) is 21.4 Å². The summed E-state index contributed by atoms with van der Waals surface area (Å²) in [7, 11) is 0. The normalized spacial score (nSPS) is 17.3. The van der Waals surface area contributed by atoms with Crippen LogP contribution in [0.2, 0.25) is 0 Å². The molecule has 3 aromatic rings. The van der Waals surface area contributed by atoms with Gasteiger partial charge in [0.1, 0.15) is 0 Å². The van der Waals surface area contributed by atoms with Gasteiger partial charge in [0.25, 0.3) is 0 Å². The lowest BCUT2D eigenvalue weighted by Crippen LogP contribution is -2.11. The Morgan fingerprint density at radius 2 is 1.90 bits per heavy atom. The molecule has 1 aromatic heterocycles. The van der Waals surface area contributed by atoms with Gasteiger partial charge in [-0.2, -0.15) is 0 Å². The monoisotopic (exact) mass is 295 g/mol. The zero-order chi connectivity index (χ0) is 14.2. The zero-order valence-electron chi connectivity index (χ0n) is 11.7. The van der Waals surface area contributed by atoms with Crippen LogP contribution in [0.25, 0.3) is 10.9 Å². The van der Waals surface area contributed by atoms with Crippen molar-refractivity contribution in [1.29, 1.82) is 0 Å². The number of thioether (sulfide) groups is 1. The van der Waals surface area contributed by atoms with Crippen molar-refractivity contribution >= 4 is 22.7 Å². The van der Waals surface area contributed by atoms with Crippen molar-refractivity contribution in [3.63, 3.8) is 0 Å². The number of hydrogen-bond donors (Lipinski definition) is 1. The summed E-state index contributed by atoms with van der Waals surface area (Å²) in [6.45, 7) is 1.09. The standard InChI is InChI=1S/C18H17NOS/c20-12-14-10-19(17-7-3-2-6-16(14)17)11-15-9-13-5-1-4-8-18(13)21-15/h1-8,10,15,20H,9,11-12H2. The van der Waals surface area contributed by atoms with Crippen LogP contribution in [0.3, 0.4) is 0 Å². The fourth-order valence-electron chi connectivity index (χ4n) is 3.18. The highest BCUT2D eigenvalue weighted by Gasteiger charge is 2.22. The van der Waals surface area contributed by atoms with Gasteiger partial charge in [-0.15, -0.1) is 11.8 Å². The van der Waals surface area contributed by atoms with Gasteiger partial charge < -0.3 is 9.67 Å². The van der Waals surface area contributed by atoms with Crippen molar-refractivity contribution in [2.75, 3.05) is 0 Å². The lowest BCUT2D eigenvalue weighted by Gasteiger charge is -2.11. The minimum Gasteiger partial charge on any atom is -0.392 e. The van der Waals surface area contributed by atoms with Gasteiger partial charge in [-0.05, 0) is 24.1 Å². The minimum absolute atomic E-state index is 0.103. The van der Waals surface area contributed by atoms with Crippen molar-refractivity contribution < 1.29 is 5.11 Å². The molecule has 3 heteroatoms. The molecule has 0 spiro atoms. The Bertz CT molecular complexity index is 768. The van der Waals surface area contributed by atoms with Crippen LogP contribution >= 0.6 is 11.8 Å². The first-order valence-electron chi connectivity index (χ1n) is 7.27. The smallest absolute Gasteiger partial charge is 0.0702 e. The highest BCUT2D eigenvalue weighted by atomic mass is 32.2. The van der Waals surface area contributed by atoms with E-state index in [0.29, 0.717) is 5.25 Å². The van der Waals surface area contributed by atoms with Crippen LogP contribution in [-0.2, 0) is 19.6 Å². The molecular formula is C18H17NOS. The summed E-state index contributed by atoms with van der Waals surface area (Å²) in [6, 6.07) is 17.0. The van der Waals surface area contributed by atoms with Crippen LogP contribution in [0.1, 0.15) is 11.1 Å². The molecular weight excluding hydrogens is 278 g/mol. The molecule has 1 unspecified atom stereocenters. The van der Waals surface area contributed by atoms with Crippen LogP contribution in [0, 0.1) is 0 Å². The summed E-state index contributed by atoms with van der Waals surface area (Å²) in [5.41, 5.74) is 3.70. The molecule has 21 heavy (non-hydrogen) atoms. The number of para-hydroxylation sites is 1. The number of aliphatic hydroxyl groups is 1. The van der Waals surface area contributed by atoms with Gasteiger partial charge in [-0.1, -0.05) is 36.4 Å². The van der Waals surface area contributed by atoms with E-state index in [0.717, 1.165) is 18.5 Å². The van der Waals surface area contributed by atoms with Gasteiger partial charge in [-0.3, -0.25) is 0 Å². The van der Waals surface area contributed by atoms with Crippen molar-refractivity contribution in [3.05, 3.63) is 65.9 Å². The lowest BCUT2D eigenvalue weighted by molar-refractivity contribution is 0.283. The fourth-order valence-corrected chi connectivity index (χ4v) is 4.49. The van der Waals surface area contributed by atoms with E-state index in [1.54, 1.807) is 0 Å². The van der Waals surface area contributed by atoms with Gasteiger partial charge in [0.2, 0.25) is 0 Å². The second kappa shape index (κ2) is 5.24. The molecule has 1 aliphatic heterocycles. The Morgan fingerprint density at radius 3 is 2.76 bits per heavy atom. The topological polar surface area (TPSA) is 25.2 Å². The summed E-state index contributed by atoms with van der Waals surface area (Å²) < 4.78 is 2.30. The van der Waals surface area contributed by atoms with E-state index in [4.69, 9.17) is 0 Å². The number of hydrogen-bond acceptors (Lipinski definition) is 2. The van der Waals surface area contributed by atoms with Crippen molar-refractivity contribution in [2.24, 2.45) is 0 Å². The number of nitrogens with zero attached hydrogens (tertiary/aromatic N) is 1. The van der Waals surface area contributed by atoms with Gasteiger partial charge in [0.15, 0.2) is 0 Å². The van der Waals surface area contributed by atoms with Crippen molar-refractivity contribution in [2.45, 2.75) is 29.7 Å². The van der Waals surface area contributed by atoms with Gasteiger partial charge in [-0.25, -0.2) is 0 Å². The highest BCUT2D eigenvalue weighted by molar-refractivity contribution is 8.00. The predicted octanol–water partition coefficient (Wildman–Crippen LogP) is 3.85. The molecule has 0 bridgehead atoms. The fraction of sp³-hybridized carbons (Fsp3) is 0.222. The molecule has 2 aromatic carbocycles. The summed E-state index contributed by atoms with van der Waals surface area (Å²) in [5, 5.41) is 11.3. The molecule has 0 aliphatic carbocycles. The van der Waals surface area contributed by atoms with Crippen molar-refractivity contribution in [3.8, 4) is 0 Å². The summed E-state index contributed by atoms with van der Waals surface area (Å²) in [5.74, 6) is 0. The number of aromatic nitrogens is 1. The number of benzene rings is 2. The molecule has 0 radical (unpaired) electrons. The second-order valence-electron chi connectivity index (χ2n) is 5.53. The van der Waals surface area contributed by atoms with E-state index in [2.05, 4.69) is 53.2 Å². The van der Waals surface area contributed by atoms with E-state index < -0.39 is 0 Å². The summed E-state index contributed by atoms with van der Waals surface area (Å²) in [6.07, 6.45) is 3.23. The first-order chi connectivity index (χ1) is 10.3. The van der Waals surface area contributed by atoms with Crippen LogP contribution in [0.15, 0.2) is 59.6 Å². The zero-order valence-corrected chi connectivity index (χ0v) is 12.5. The molecule has 1 aliphatic rings. The third-order valence-corrected chi connectivity index (χ3v) is 5.46. The Hall–Kier alpha value is -1.71. The van der Waals surface area contributed by atoms with Crippen LogP contribution in [0.4, 0.5) is 0 Å². The lowest BCUT2D eigenvalue weighted by atomic mass is 10.1. The van der Waals surface area contributed by atoms with Crippen LogP contribution in [-0.4, -0.2) is 14.9 Å². The molecule has 2 heterocycles. The molecule has 0 amide bonds. The van der Waals surface area contributed by atoms with E-state index >= 15 is 0 Å². The molecule has 1 N–H and O–H groups in total. The minimum atomic E-state index is 0.103. The second-order valence-corrected chi connectivity index (χ2v) is 6.88. The molecule has 2 nitrogen and oxygen atoms in total.